The van der Waals surface area contributed by atoms with Crippen LogP contribution >= 0.6 is 11.3 Å². The Balaban J connectivity index is 2.12. The zero-order chi connectivity index (χ0) is 17.1. The van der Waals surface area contributed by atoms with E-state index in [0.717, 1.165) is 4.88 Å². The van der Waals surface area contributed by atoms with Gasteiger partial charge in [-0.05, 0) is 44.2 Å². The van der Waals surface area contributed by atoms with E-state index in [1.54, 1.807) is 13.8 Å². The third-order valence-corrected chi connectivity index (χ3v) is 4.75. The number of amides is 1. The van der Waals surface area contributed by atoms with Gasteiger partial charge in [0.05, 0.1) is 11.8 Å². The molecule has 0 saturated carbocycles. The molecule has 2 N–H and O–H groups in total. The first-order valence-electron chi connectivity index (χ1n) is 7.38. The average Bonchev–Trinajstić information content (AvgIpc) is 2.99. The number of nitrogens with zero attached hydrogens (tertiary/aromatic N) is 2. The number of aromatic nitrogens is 2. The smallest absolute Gasteiger partial charge is 0.279 e. The second-order valence-electron chi connectivity index (χ2n) is 5.66. The Bertz CT molecular complexity index is 753. The summed E-state index contributed by atoms with van der Waals surface area (Å²) >= 11 is 1.47. The van der Waals surface area contributed by atoms with Crippen molar-refractivity contribution >= 4 is 17.2 Å². The molecule has 2 aromatic rings. The van der Waals surface area contributed by atoms with E-state index in [1.807, 2.05) is 24.4 Å². The molecule has 0 spiro atoms. The van der Waals surface area contributed by atoms with Crippen molar-refractivity contribution in [2.75, 3.05) is 0 Å². The number of aryl methyl sites for hydroxylation is 2. The molecule has 124 valence electrons. The maximum Gasteiger partial charge on any atom is 0.279 e. The minimum Gasteiger partial charge on any atom is -0.387 e. The van der Waals surface area contributed by atoms with Crippen LogP contribution in [0.25, 0.3) is 0 Å². The average molecular weight is 335 g/mol. The highest BCUT2D eigenvalue weighted by Crippen LogP contribution is 2.22. The molecule has 2 atom stereocenters. The summed E-state index contributed by atoms with van der Waals surface area (Å²) in [4.78, 5) is 25.5. The van der Waals surface area contributed by atoms with Crippen LogP contribution in [0.3, 0.4) is 0 Å². The van der Waals surface area contributed by atoms with Crippen LogP contribution in [0.5, 0.6) is 0 Å². The third kappa shape index (κ3) is 3.86. The first-order valence-corrected chi connectivity index (χ1v) is 8.26. The van der Waals surface area contributed by atoms with Crippen LogP contribution in [0.4, 0.5) is 0 Å². The molecule has 7 heteroatoms. The molecule has 0 fully saturated rings. The molecular weight excluding hydrogens is 314 g/mol. The molecule has 0 aliphatic heterocycles. The maximum absolute atomic E-state index is 12.4. The van der Waals surface area contributed by atoms with E-state index >= 15 is 0 Å². The van der Waals surface area contributed by atoms with Gasteiger partial charge in [0.2, 0.25) is 0 Å². The predicted molar refractivity (Wildman–Crippen MR) is 89.8 cm³/mol. The lowest BCUT2D eigenvalue weighted by molar-refractivity contribution is 0.0915. The summed E-state index contributed by atoms with van der Waals surface area (Å²) in [6, 6.07) is 3.46. The first kappa shape index (κ1) is 17.4. The SMILES string of the molecule is Cc1nn(C)c(=O)c(C(=O)NC(C)CC(O)c2cccs2)c1C. The van der Waals surface area contributed by atoms with Gasteiger partial charge in [-0.1, -0.05) is 6.07 Å². The topological polar surface area (TPSA) is 84.2 Å². The second kappa shape index (κ2) is 7.06. The number of rotatable bonds is 5. The summed E-state index contributed by atoms with van der Waals surface area (Å²) in [6.45, 7) is 5.28. The van der Waals surface area contributed by atoms with E-state index in [-0.39, 0.29) is 11.6 Å². The number of hydrogen-bond acceptors (Lipinski definition) is 5. The molecule has 6 nitrogen and oxygen atoms in total. The predicted octanol–water partition coefficient (Wildman–Crippen LogP) is 1.70. The Morgan fingerprint density at radius 1 is 1.48 bits per heavy atom. The van der Waals surface area contributed by atoms with E-state index in [1.165, 1.54) is 23.1 Å². The second-order valence-corrected chi connectivity index (χ2v) is 6.63. The van der Waals surface area contributed by atoms with Crippen molar-refractivity contribution in [1.29, 1.82) is 0 Å². The van der Waals surface area contributed by atoms with Gasteiger partial charge in [0.25, 0.3) is 11.5 Å². The van der Waals surface area contributed by atoms with Gasteiger partial charge in [0.1, 0.15) is 5.56 Å². The summed E-state index contributed by atoms with van der Waals surface area (Å²) in [7, 11) is 1.52. The fraction of sp³-hybridized carbons (Fsp3) is 0.438. The third-order valence-electron chi connectivity index (χ3n) is 3.78. The van der Waals surface area contributed by atoms with Gasteiger partial charge in [-0.3, -0.25) is 9.59 Å². The van der Waals surface area contributed by atoms with Crippen LogP contribution in [0.2, 0.25) is 0 Å². The normalized spacial score (nSPS) is 13.6. The summed E-state index contributed by atoms with van der Waals surface area (Å²) in [5.74, 6) is -0.431. The highest BCUT2D eigenvalue weighted by atomic mass is 32.1. The minimum atomic E-state index is -0.631. The molecule has 0 aromatic carbocycles. The number of aliphatic hydroxyl groups excluding tert-OH is 1. The quantitative estimate of drug-likeness (QED) is 0.871. The lowest BCUT2D eigenvalue weighted by Crippen LogP contribution is -2.39. The highest BCUT2D eigenvalue weighted by molar-refractivity contribution is 7.10. The molecule has 0 radical (unpaired) electrons. The van der Waals surface area contributed by atoms with Gasteiger partial charge in [-0.2, -0.15) is 5.10 Å². The maximum atomic E-state index is 12.4. The van der Waals surface area contributed by atoms with Crippen LogP contribution in [0.1, 0.15) is 45.9 Å². The molecule has 23 heavy (non-hydrogen) atoms. The molecule has 2 aromatic heterocycles. The van der Waals surface area contributed by atoms with Crippen molar-refractivity contribution in [2.45, 2.75) is 39.3 Å². The van der Waals surface area contributed by atoms with E-state index in [4.69, 9.17) is 0 Å². The lowest BCUT2D eigenvalue weighted by Gasteiger charge is -2.18. The Kier molecular flexibility index (Phi) is 5.33. The fourth-order valence-electron chi connectivity index (χ4n) is 2.40. The zero-order valence-electron chi connectivity index (χ0n) is 13.7. The van der Waals surface area contributed by atoms with E-state index in [0.29, 0.717) is 17.7 Å². The number of carbonyl (C=O) groups is 1. The molecular formula is C16H21N3O3S. The minimum absolute atomic E-state index is 0.109. The fourth-order valence-corrected chi connectivity index (χ4v) is 3.13. The number of carbonyl (C=O) groups excluding carboxylic acids is 1. The van der Waals surface area contributed by atoms with Gasteiger partial charge >= 0.3 is 0 Å². The molecule has 0 saturated heterocycles. The summed E-state index contributed by atoms with van der Waals surface area (Å²) < 4.78 is 1.17. The van der Waals surface area contributed by atoms with Crippen molar-refractivity contribution in [2.24, 2.45) is 7.05 Å². The Labute approximate surface area is 138 Å². The standard InChI is InChI=1S/C16H21N3O3S/c1-9(8-12(20)13-6-5-7-23-13)17-15(21)14-10(2)11(3)18-19(4)16(14)22/h5-7,9,12,20H,8H2,1-4H3,(H,17,21). The van der Waals surface area contributed by atoms with Crippen molar-refractivity contribution in [3.8, 4) is 0 Å². The number of thiophene rings is 1. The van der Waals surface area contributed by atoms with E-state index in [9.17, 15) is 14.7 Å². The molecule has 1 amide bonds. The van der Waals surface area contributed by atoms with Crippen LogP contribution in [-0.4, -0.2) is 26.8 Å². The van der Waals surface area contributed by atoms with Gasteiger partial charge in [-0.25, -0.2) is 4.68 Å². The van der Waals surface area contributed by atoms with E-state index < -0.39 is 17.6 Å². The lowest BCUT2D eigenvalue weighted by atomic mass is 10.1. The summed E-state index contributed by atoms with van der Waals surface area (Å²) in [5.41, 5.74) is 0.911. The number of hydrogen-bond donors (Lipinski definition) is 2. The van der Waals surface area contributed by atoms with Gasteiger partial charge in [0.15, 0.2) is 0 Å². The molecule has 0 aliphatic carbocycles. The summed E-state index contributed by atoms with van der Waals surface area (Å²) in [5, 5.41) is 18.9. The van der Waals surface area contributed by atoms with Gasteiger partial charge in [0, 0.05) is 18.0 Å². The van der Waals surface area contributed by atoms with Crippen LogP contribution in [0, 0.1) is 13.8 Å². The highest BCUT2D eigenvalue weighted by Gasteiger charge is 2.21. The van der Waals surface area contributed by atoms with Crippen molar-refractivity contribution in [1.82, 2.24) is 15.1 Å². The Morgan fingerprint density at radius 3 is 2.78 bits per heavy atom. The van der Waals surface area contributed by atoms with Crippen molar-refractivity contribution in [3.05, 3.63) is 49.6 Å². The van der Waals surface area contributed by atoms with Crippen LogP contribution in [0.15, 0.2) is 22.3 Å². The monoisotopic (exact) mass is 335 g/mol. The molecule has 0 aliphatic rings. The van der Waals surface area contributed by atoms with Gasteiger partial charge in [-0.15, -0.1) is 11.3 Å². The van der Waals surface area contributed by atoms with Crippen LogP contribution in [-0.2, 0) is 7.05 Å². The van der Waals surface area contributed by atoms with Crippen LogP contribution < -0.4 is 10.9 Å². The molecule has 2 rings (SSSR count). The first-order chi connectivity index (χ1) is 10.8. The number of nitrogens with one attached hydrogen (secondary N) is 1. The Morgan fingerprint density at radius 2 is 2.17 bits per heavy atom. The Hall–Kier alpha value is -1.99. The summed E-state index contributed by atoms with van der Waals surface area (Å²) in [6.07, 6.45) is -0.247. The molecule has 0 bridgehead atoms. The van der Waals surface area contributed by atoms with Crippen molar-refractivity contribution in [3.63, 3.8) is 0 Å². The zero-order valence-corrected chi connectivity index (χ0v) is 14.5. The largest absolute Gasteiger partial charge is 0.387 e. The van der Waals surface area contributed by atoms with E-state index in [2.05, 4.69) is 10.4 Å². The number of aliphatic hydroxyl groups is 1. The molecule has 2 unspecified atom stereocenters. The van der Waals surface area contributed by atoms with Crippen molar-refractivity contribution < 1.29 is 9.90 Å². The molecule has 2 heterocycles. The van der Waals surface area contributed by atoms with Gasteiger partial charge < -0.3 is 10.4 Å².